The van der Waals surface area contributed by atoms with Crippen molar-refractivity contribution < 1.29 is 32.2 Å². The molecule has 0 heterocycles. The van der Waals surface area contributed by atoms with Crippen LogP contribution in [0, 0.1) is 0 Å². The van der Waals surface area contributed by atoms with Gasteiger partial charge in [0.25, 0.3) is 0 Å². The molecule has 2 aromatic carbocycles. The summed E-state index contributed by atoms with van der Waals surface area (Å²) < 4.78 is 48.7. The monoisotopic (exact) mass is 475 g/mol. The number of alkyl halides is 3. The molecule has 0 saturated heterocycles. The minimum absolute atomic E-state index is 0.230. The topological polar surface area (TPSA) is 64.6 Å². The molecule has 34 heavy (non-hydrogen) atoms. The van der Waals surface area contributed by atoms with Gasteiger partial charge in [-0.25, -0.2) is 9.59 Å². The van der Waals surface area contributed by atoms with Gasteiger partial charge in [-0.3, -0.25) is 0 Å². The van der Waals surface area contributed by atoms with Crippen LogP contribution in [0.1, 0.15) is 44.2 Å². The molecule has 1 aliphatic carbocycles. The van der Waals surface area contributed by atoms with Crippen molar-refractivity contribution in [1.82, 2.24) is 5.32 Å². The molecule has 0 saturated carbocycles. The molecular weight excluding hydrogens is 447 g/mol. The third kappa shape index (κ3) is 6.40. The van der Waals surface area contributed by atoms with Crippen molar-refractivity contribution in [3.05, 3.63) is 70.9 Å². The summed E-state index contributed by atoms with van der Waals surface area (Å²) >= 11 is 0. The van der Waals surface area contributed by atoms with Crippen LogP contribution in [0.15, 0.2) is 59.8 Å². The minimum atomic E-state index is -4.38. The van der Waals surface area contributed by atoms with Gasteiger partial charge in [0.15, 0.2) is 0 Å². The second-order valence-corrected chi connectivity index (χ2v) is 7.96. The van der Waals surface area contributed by atoms with E-state index in [0.29, 0.717) is 36.1 Å². The molecule has 0 bridgehead atoms. The van der Waals surface area contributed by atoms with Gasteiger partial charge in [-0.1, -0.05) is 36.4 Å². The van der Waals surface area contributed by atoms with E-state index in [1.165, 1.54) is 12.1 Å². The van der Waals surface area contributed by atoms with Crippen molar-refractivity contribution in [3.63, 3.8) is 0 Å². The van der Waals surface area contributed by atoms with E-state index in [9.17, 15) is 22.8 Å². The van der Waals surface area contributed by atoms with Gasteiger partial charge in [0.1, 0.15) is 6.04 Å². The first-order chi connectivity index (χ1) is 16.2. The van der Waals surface area contributed by atoms with E-state index in [1.807, 2.05) is 12.1 Å². The smallest absolute Gasteiger partial charge is 0.416 e. The largest absolute Gasteiger partial charge is 0.464 e. The van der Waals surface area contributed by atoms with Gasteiger partial charge in [0, 0.05) is 12.1 Å². The molecule has 8 heteroatoms. The normalized spacial score (nSPS) is 14.6. The summed E-state index contributed by atoms with van der Waals surface area (Å²) in [6.45, 7) is 3.98. The molecule has 1 N–H and O–H groups in total. The Morgan fingerprint density at radius 1 is 0.912 bits per heavy atom. The molecule has 2 aromatic rings. The Hall–Kier alpha value is -3.29. The molecule has 0 radical (unpaired) electrons. The number of carbonyl (C=O) groups is 2. The Kier molecular flexibility index (Phi) is 8.36. The van der Waals surface area contributed by atoms with Crippen LogP contribution >= 0.6 is 0 Å². The average molecular weight is 476 g/mol. The number of benzene rings is 2. The van der Waals surface area contributed by atoms with Crippen molar-refractivity contribution in [1.29, 1.82) is 0 Å². The SMILES string of the molecule is CCOC(=O)C1=C(NC(Cc2ccc(-c3ccc(C(F)(F)F)cc3)cc2)C(=O)OCC)CCC1. The molecule has 1 aliphatic rings. The Morgan fingerprint density at radius 3 is 2.06 bits per heavy atom. The highest BCUT2D eigenvalue weighted by Gasteiger charge is 2.30. The standard InChI is InChI=1S/C26H28F3NO4/c1-3-33-24(31)21-6-5-7-22(21)30-23(25(32)34-4-2)16-17-8-10-18(11-9-17)19-12-14-20(15-13-19)26(27,28)29/h8-15,23,30H,3-7,16H2,1-2H3. The van der Waals surface area contributed by atoms with Crippen molar-refractivity contribution in [2.45, 2.75) is 51.7 Å². The van der Waals surface area contributed by atoms with Gasteiger partial charge < -0.3 is 14.8 Å². The number of hydrogen-bond donors (Lipinski definition) is 1. The fourth-order valence-corrected chi connectivity index (χ4v) is 3.91. The number of rotatable bonds is 9. The number of esters is 2. The maximum absolute atomic E-state index is 12.8. The number of carbonyl (C=O) groups excluding carboxylic acids is 2. The predicted octanol–water partition coefficient (Wildman–Crippen LogP) is 5.44. The summed E-state index contributed by atoms with van der Waals surface area (Å²) in [4.78, 5) is 24.9. The lowest BCUT2D eigenvalue weighted by molar-refractivity contribution is -0.145. The summed E-state index contributed by atoms with van der Waals surface area (Å²) in [5.74, 6) is -0.789. The van der Waals surface area contributed by atoms with Crippen LogP contribution in [0.25, 0.3) is 11.1 Å². The number of nitrogens with one attached hydrogen (secondary N) is 1. The first-order valence-electron chi connectivity index (χ1n) is 11.3. The van der Waals surface area contributed by atoms with Crippen LogP contribution in [-0.2, 0) is 31.7 Å². The molecule has 0 aliphatic heterocycles. The zero-order valence-electron chi connectivity index (χ0n) is 19.2. The predicted molar refractivity (Wildman–Crippen MR) is 122 cm³/mol. The van der Waals surface area contributed by atoms with Crippen molar-refractivity contribution in [2.24, 2.45) is 0 Å². The number of halogens is 3. The molecule has 3 rings (SSSR count). The molecule has 182 valence electrons. The lowest BCUT2D eigenvalue weighted by Crippen LogP contribution is -2.39. The summed E-state index contributed by atoms with van der Waals surface area (Å²) in [6.07, 6.45) is -2.01. The first kappa shape index (κ1) is 25.3. The number of ether oxygens (including phenoxy) is 2. The Balaban J connectivity index is 1.76. The zero-order chi connectivity index (χ0) is 24.7. The highest BCUT2D eigenvalue weighted by atomic mass is 19.4. The molecule has 0 aromatic heterocycles. The van der Waals surface area contributed by atoms with E-state index in [2.05, 4.69) is 5.32 Å². The fourth-order valence-electron chi connectivity index (χ4n) is 3.91. The van der Waals surface area contributed by atoms with Gasteiger partial charge in [-0.05, 0) is 61.9 Å². The molecule has 1 atom stereocenters. The second-order valence-electron chi connectivity index (χ2n) is 7.96. The van der Waals surface area contributed by atoms with E-state index >= 15 is 0 Å². The van der Waals surface area contributed by atoms with E-state index in [0.717, 1.165) is 29.7 Å². The number of hydrogen-bond acceptors (Lipinski definition) is 5. The van der Waals surface area contributed by atoms with Crippen LogP contribution < -0.4 is 5.32 Å². The van der Waals surface area contributed by atoms with Crippen LogP contribution in [0.3, 0.4) is 0 Å². The van der Waals surface area contributed by atoms with Crippen LogP contribution in [0.4, 0.5) is 13.2 Å². The quantitative estimate of drug-likeness (QED) is 0.490. The maximum Gasteiger partial charge on any atom is 0.416 e. The van der Waals surface area contributed by atoms with E-state index in [1.54, 1.807) is 26.0 Å². The highest BCUT2D eigenvalue weighted by Crippen LogP contribution is 2.31. The lowest BCUT2D eigenvalue weighted by atomic mass is 9.99. The fraction of sp³-hybridized carbons (Fsp3) is 0.385. The maximum atomic E-state index is 12.8. The Bertz CT molecular complexity index is 1030. The van der Waals surface area contributed by atoms with Gasteiger partial charge in [-0.2, -0.15) is 13.2 Å². The third-order valence-electron chi connectivity index (χ3n) is 5.60. The summed E-state index contributed by atoms with van der Waals surface area (Å²) in [5, 5.41) is 3.20. The second kappa shape index (κ2) is 11.2. The van der Waals surface area contributed by atoms with Crippen molar-refractivity contribution >= 4 is 11.9 Å². The Labute approximate surface area is 196 Å². The van der Waals surface area contributed by atoms with Crippen LogP contribution in [-0.4, -0.2) is 31.2 Å². The minimum Gasteiger partial charge on any atom is -0.464 e. The van der Waals surface area contributed by atoms with Gasteiger partial charge in [0.05, 0.1) is 24.4 Å². The molecular formula is C26H28F3NO4. The van der Waals surface area contributed by atoms with E-state index < -0.39 is 23.8 Å². The zero-order valence-corrected chi connectivity index (χ0v) is 19.2. The highest BCUT2D eigenvalue weighted by molar-refractivity contribution is 5.90. The van der Waals surface area contributed by atoms with Gasteiger partial charge >= 0.3 is 18.1 Å². The summed E-state index contributed by atoms with van der Waals surface area (Å²) in [6, 6.07) is 11.6. The van der Waals surface area contributed by atoms with Crippen molar-refractivity contribution in [3.8, 4) is 11.1 Å². The first-order valence-corrected chi connectivity index (χ1v) is 11.3. The average Bonchev–Trinajstić information content (AvgIpc) is 3.27. The van der Waals surface area contributed by atoms with Gasteiger partial charge in [-0.15, -0.1) is 0 Å². The molecule has 0 spiro atoms. The van der Waals surface area contributed by atoms with E-state index in [4.69, 9.17) is 9.47 Å². The Morgan fingerprint density at radius 2 is 1.50 bits per heavy atom. The lowest BCUT2D eigenvalue weighted by Gasteiger charge is -2.20. The van der Waals surface area contributed by atoms with Gasteiger partial charge in [0.2, 0.25) is 0 Å². The molecule has 0 fully saturated rings. The van der Waals surface area contributed by atoms with Crippen LogP contribution in [0.5, 0.6) is 0 Å². The molecule has 5 nitrogen and oxygen atoms in total. The summed E-state index contributed by atoms with van der Waals surface area (Å²) in [5.41, 5.74) is 2.85. The molecule has 0 amide bonds. The molecule has 1 unspecified atom stereocenters. The third-order valence-corrected chi connectivity index (χ3v) is 5.60. The van der Waals surface area contributed by atoms with Crippen molar-refractivity contribution in [2.75, 3.05) is 13.2 Å². The summed E-state index contributed by atoms with van der Waals surface area (Å²) in [7, 11) is 0. The van der Waals surface area contributed by atoms with Crippen LogP contribution in [0.2, 0.25) is 0 Å². The number of allylic oxidation sites excluding steroid dienone is 1. The van der Waals surface area contributed by atoms with E-state index in [-0.39, 0.29) is 19.2 Å².